The Morgan fingerprint density at radius 1 is 1.05 bits per heavy atom. The van der Waals surface area contributed by atoms with Crippen molar-refractivity contribution in [2.45, 2.75) is 36.6 Å². The highest BCUT2D eigenvalue weighted by molar-refractivity contribution is 7.90. The number of nitrogens with zero attached hydrogens (tertiary/aromatic N) is 4. The molecule has 1 N–H and O–H groups in total. The molecular weight excluding hydrogens is 524 g/mol. The predicted octanol–water partition coefficient (Wildman–Crippen LogP) is 4.52. The van der Waals surface area contributed by atoms with E-state index in [1.165, 1.54) is 30.5 Å². The molecule has 1 aliphatic heterocycles. The standard InChI is InChI=1S/C26H26F4N4O3S/c27-20-6-7-22-23(16-34(24(22)12-20)38(36,37)21-4-2-1-3-5-21)19-13-31-33(15-19)14-18-8-10-32(11-9-18)17-25(35)26(28,29)30/h1-7,12-13,15-16,18,25,35H,8-11,14,17H2. The highest BCUT2D eigenvalue weighted by atomic mass is 32.2. The van der Waals surface area contributed by atoms with Gasteiger partial charge in [0.05, 0.1) is 16.6 Å². The number of aromatic nitrogens is 3. The average Bonchev–Trinajstić information content (AvgIpc) is 3.49. The van der Waals surface area contributed by atoms with E-state index < -0.39 is 34.7 Å². The number of halogens is 4. The fourth-order valence-corrected chi connectivity index (χ4v) is 6.26. The minimum absolute atomic E-state index is 0.0810. The van der Waals surface area contributed by atoms with Gasteiger partial charge in [0.25, 0.3) is 10.0 Å². The van der Waals surface area contributed by atoms with Gasteiger partial charge in [0.1, 0.15) is 5.82 Å². The lowest BCUT2D eigenvalue weighted by atomic mass is 9.96. The second-order valence-corrected chi connectivity index (χ2v) is 11.4. The maximum absolute atomic E-state index is 14.1. The molecule has 38 heavy (non-hydrogen) atoms. The molecule has 1 aliphatic rings. The number of benzene rings is 2. The number of fused-ring (bicyclic) bond motifs is 1. The van der Waals surface area contributed by atoms with Crippen LogP contribution < -0.4 is 0 Å². The summed E-state index contributed by atoms with van der Waals surface area (Å²) in [6.45, 7) is 1.01. The lowest BCUT2D eigenvalue weighted by molar-refractivity contribution is -0.208. The van der Waals surface area contributed by atoms with E-state index in [1.807, 2.05) is 0 Å². The van der Waals surface area contributed by atoms with Crippen LogP contribution in [-0.2, 0) is 16.6 Å². The topological polar surface area (TPSA) is 80.4 Å². The highest BCUT2D eigenvalue weighted by Gasteiger charge is 2.39. The monoisotopic (exact) mass is 550 g/mol. The Morgan fingerprint density at radius 3 is 2.45 bits per heavy atom. The third kappa shape index (κ3) is 5.33. The first-order chi connectivity index (χ1) is 18.0. The van der Waals surface area contributed by atoms with E-state index in [2.05, 4.69) is 5.10 Å². The van der Waals surface area contributed by atoms with Gasteiger partial charge in [-0.3, -0.25) is 4.68 Å². The van der Waals surface area contributed by atoms with Crippen LogP contribution in [0.5, 0.6) is 0 Å². The van der Waals surface area contributed by atoms with Gasteiger partial charge >= 0.3 is 6.18 Å². The second kappa shape index (κ2) is 10.2. The normalized spacial score (nSPS) is 16.8. The third-order valence-corrected chi connectivity index (χ3v) is 8.63. The fraction of sp³-hybridized carbons (Fsp3) is 0.346. The molecule has 202 valence electrons. The Kier molecular flexibility index (Phi) is 7.05. The van der Waals surface area contributed by atoms with Crippen LogP contribution in [0.2, 0.25) is 0 Å². The minimum atomic E-state index is -4.63. The number of alkyl halides is 3. The van der Waals surface area contributed by atoms with E-state index in [9.17, 15) is 31.1 Å². The van der Waals surface area contributed by atoms with Crippen LogP contribution in [0.4, 0.5) is 17.6 Å². The van der Waals surface area contributed by atoms with E-state index in [0.29, 0.717) is 49.0 Å². The van der Waals surface area contributed by atoms with Gasteiger partial charge in [-0.05, 0) is 62.2 Å². The summed E-state index contributed by atoms with van der Waals surface area (Å²) in [5.41, 5.74) is 1.46. The Balaban J connectivity index is 1.35. The number of hydrogen-bond acceptors (Lipinski definition) is 5. The zero-order valence-electron chi connectivity index (χ0n) is 20.2. The van der Waals surface area contributed by atoms with Crippen molar-refractivity contribution in [2.24, 2.45) is 5.92 Å². The van der Waals surface area contributed by atoms with Crippen LogP contribution >= 0.6 is 0 Å². The molecule has 0 aliphatic carbocycles. The molecule has 0 amide bonds. The van der Waals surface area contributed by atoms with E-state index in [-0.39, 0.29) is 16.3 Å². The van der Waals surface area contributed by atoms with Gasteiger partial charge in [-0.25, -0.2) is 16.8 Å². The Morgan fingerprint density at radius 2 is 1.76 bits per heavy atom. The van der Waals surface area contributed by atoms with Crippen molar-refractivity contribution < 1.29 is 31.1 Å². The molecule has 12 heteroatoms. The molecule has 3 heterocycles. The molecule has 7 nitrogen and oxygen atoms in total. The second-order valence-electron chi connectivity index (χ2n) is 9.57. The largest absolute Gasteiger partial charge is 0.415 e. The van der Waals surface area contributed by atoms with Crippen LogP contribution in [-0.4, -0.2) is 64.1 Å². The van der Waals surface area contributed by atoms with Crippen molar-refractivity contribution in [1.82, 2.24) is 18.7 Å². The van der Waals surface area contributed by atoms with Crippen LogP contribution in [0.1, 0.15) is 12.8 Å². The summed E-state index contributed by atoms with van der Waals surface area (Å²) in [4.78, 5) is 1.70. The number of rotatable bonds is 7. The van der Waals surface area contributed by atoms with Crippen molar-refractivity contribution in [2.75, 3.05) is 19.6 Å². The minimum Gasteiger partial charge on any atom is -0.382 e. The number of likely N-dealkylation sites (tertiary alicyclic amines) is 1. The fourth-order valence-electron chi connectivity index (χ4n) is 4.87. The Hall–Kier alpha value is -3.22. The zero-order valence-corrected chi connectivity index (χ0v) is 21.0. The SMILES string of the molecule is O=S(=O)(c1ccccc1)n1cc(-c2cnn(CC3CCN(CC(O)C(F)(F)F)CC3)c2)c2ccc(F)cc21. The number of β-amino-alcohol motifs (C(OH)–C–C–N with tert-alkyl or cyclic N) is 1. The first kappa shape index (κ1) is 26.4. The molecule has 0 spiro atoms. The van der Waals surface area contributed by atoms with Crippen molar-refractivity contribution in [3.63, 3.8) is 0 Å². The van der Waals surface area contributed by atoms with E-state index in [0.717, 1.165) is 3.97 Å². The van der Waals surface area contributed by atoms with Crippen molar-refractivity contribution in [1.29, 1.82) is 0 Å². The smallest absolute Gasteiger partial charge is 0.382 e. The molecule has 0 bridgehead atoms. The molecule has 2 aromatic carbocycles. The van der Waals surface area contributed by atoms with Crippen LogP contribution in [0.3, 0.4) is 0 Å². The highest BCUT2D eigenvalue weighted by Crippen LogP contribution is 2.34. The molecule has 0 radical (unpaired) electrons. The van der Waals surface area contributed by atoms with Crippen LogP contribution in [0, 0.1) is 11.7 Å². The average molecular weight is 551 g/mol. The summed E-state index contributed by atoms with van der Waals surface area (Å²) in [5, 5.41) is 14.3. The van der Waals surface area contributed by atoms with Crippen molar-refractivity contribution in [3.8, 4) is 11.1 Å². The van der Waals surface area contributed by atoms with Gasteiger partial charge in [-0.15, -0.1) is 0 Å². The quantitative estimate of drug-likeness (QED) is 0.343. The zero-order chi connectivity index (χ0) is 27.1. The summed E-state index contributed by atoms with van der Waals surface area (Å²) in [6, 6.07) is 11.9. The van der Waals surface area contributed by atoms with Gasteiger partial charge in [0.15, 0.2) is 6.10 Å². The number of aliphatic hydroxyl groups is 1. The number of piperidine rings is 1. The molecule has 1 unspecified atom stereocenters. The maximum Gasteiger partial charge on any atom is 0.415 e. The van der Waals surface area contributed by atoms with Crippen LogP contribution in [0.15, 0.2) is 72.0 Å². The summed E-state index contributed by atoms with van der Waals surface area (Å²) in [7, 11) is -3.98. The van der Waals surface area contributed by atoms with E-state index >= 15 is 0 Å². The van der Waals surface area contributed by atoms with Crippen molar-refractivity contribution in [3.05, 3.63) is 72.9 Å². The summed E-state index contributed by atoms with van der Waals surface area (Å²) in [5.74, 6) is -0.368. The molecule has 1 atom stereocenters. The number of aliphatic hydroxyl groups excluding tert-OH is 1. The Bertz CT molecular complexity index is 1530. The molecule has 4 aromatic rings. The van der Waals surface area contributed by atoms with Crippen molar-refractivity contribution >= 4 is 20.9 Å². The molecular formula is C26H26F4N4O3S. The first-order valence-electron chi connectivity index (χ1n) is 12.1. The lowest BCUT2D eigenvalue weighted by Crippen LogP contribution is -2.44. The van der Waals surface area contributed by atoms with Gasteiger partial charge in [-0.1, -0.05) is 18.2 Å². The van der Waals surface area contributed by atoms with Gasteiger partial charge in [0.2, 0.25) is 0 Å². The van der Waals surface area contributed by atoms with Crippen LogP contribution in [0.25, 0.3) is 22.0 Å². The molecule has 5 rings (SSSR count). The maximum atomic E-state index is 14.1. The summed E-state index contributed by atoms with van der Waals surface area (Å²) in [6.07, 6.45) is -0.782. The Labute approximate surface area is 217 Å². The van der Waals surface area contributed by atoms with E-state index in [1.54, 1.807) is 46.2 Å². The molecule has 2 aromatic heterocycles. The third-order valence-electron chi connectivity index (χ3n) is 6.94. The molecule has 1 fully saturated rings. The summed E-state index contributed by atoms with van der Waals surface area (Å²) < 4.78 is 81.6. The molecule has 0 saturated carbocycles. The van der Waals surface area contributed by atoms with Gasteiger partial charge < -0.3 is 10.0 Å². The van der Waals surface area contributed by atoms with Gasteiger partial charge in [-0.2, -0.15) is 18.3 Å². The number of hydrogen-bond donors (Lipinski definition) is 1. The van der Waals surface area contributed by atoms with Gasteiger partial charge in [0, 0.05) is 42.0 Å². The molecule has 1 saturated heterocycles. The van der Waals surface area contributed by atoms with E-state index in [4.69, 9.17) is 0 Å². The first-order valence-corrected chi connectivity index (χ1v) is 13.6. The lowest BCUT2D eigenvalue weighted by Gasteiger charge is -2.33. The predicted molar refractivity (Wildman–Crippen MR) is 133 cm³/mol. The summed E-state index contributed by atoms with van der Waals surface area (Å²) >= 11 is 0.